The van der Waals surface area contributed by atoms with Gasteiger partial charge in [-0.25, -0.2) is 10.5 Å². The number of nitrogens with zero attached hydrogens (tertiary/aromatic N) is 3. The maximum Gasteiger partial charge on any atom is 0.258 e. The first-order chi connectivity index (χ1) is 10.7. The number of amides is 1. The van der Waals surface area contributed by atoms with Crippen LogP contribution in [0.2, 0.25) is 0 Å². The molecule has 0 unspecified atom stereocenters. The summed E-state index contributed by atoms with van der Waals surface area (Å²) in [4.78, 5) is 13.1. The number of aromatic nitrogens is 3. The lowest BCUT2D eigenvalue weighted by atomic mass is 10.3. The van der Waals surface area contributed by atoms with E-state index in [1.807, 2.05) is 24.3 Å². The minimum absolute atomic E-state index is 0.139. The van der Waals surface area contributed by atoms with Crippen molar-refractivity contribution in [3.8, 4) is 0 Å². The number of hydrogen-bond acceptors (Lipinski definition) is 8. The second-order valence-electron chi connectivity index (χ2n) is 4.09. The van der Waals surface area contributed by atoms with E-state index in [0.717, 1.165) is 16.3 Å². The van der Waals surface area contributed by atoms with Crippen molar-refractivity contribution in [2.45, 2.75) is 17.0 Å². The molecule has 1 aromatic heterocycles. The molecular weight excluding hydrogens is 322 g/mol. The van der Waals surface area contributed by atoms with Gasteiger partial charge >= 0.3 is 0 Å². The topological polar surface area (TPSA) is 124 Å². The van der Waals surface area contributed by atoms with Crippen molar-refractivity contribution in [2.24, 2.45) is 5.84 Å². The molecular formula is C12H17N7OS2. The van der Waals surface area contributed by atoms with Gasteiger partial charge in [-0.2, -0.15) is 0 Å². The molecule has 0 aliphatic rings. The summed E-state index contributed by atoms with van der Waals surface area (Å²) >= 11 is 2.86. The Hall–Kier alpha value is -1.91. The molecule has 118 valence electrons. The molecule has 0 saturated heterocycles. The third kappa shape index (κ3) is 4.06. The van der Waals surface area contributed by atoms with Gasteiger partial charge in [0.15, 0.2) is 0 Å². The van der Waals surface area contributed by atoms with Gasteiger partial charge in [-0.1, -0.05) is 30.8 Å². The number of hydrazine groups is 1. The average molecular weight is 339 g/mol. The maximum absolute atomic E-state index is 12.1. The fraction of sp³-hybridized carbons (Fsp3) is 0.250. The lowest BCUT2D eigenvalue weighted by Gasteiger charge is -2.09. The first-order valence-electron chi connectivity index (χ1n) is 6.47. The molecule has 0 fully saturated rings. The number of nitrogen functional groups attached to an aromatic ring is 2. The summed E-state index contributed by atoms with van der Waals surface area (Å²) in [6.45, 7) is 2.07. The minimum Gasteiger partial charge on any atom is -0.334 e. The number of nitrogens with two attached hydrogens (primary N) is 2. The zero-order chi connectivity index (χ0) is 15.9. The monoisotopic (exact) mass is 339 g/mol. The van der Waals surface area contributed by atoms with Gasteiger partial charge in [0.05, 0.1) is 11.4 Å². The van der Waals surface area contributed by atoms with Gasteiger partial charge < -0.3 is 11.2 Å². The Bertz CT molecular complexity index is 646. The highest BCUT2D eigenvalue weighted by atomic mass is 32.2. The SMILES string of the molecule is CCSc1ccccc1NC(=O)CSc1nnc(NN)n1N. The molecule has 0 radical (unpaired) electrons. The van der Waals surface area contributed by atoms with Crippen LogP contribution in [-0.4, -0.2) is 32.3 Å². The average Bonchev–Trinajstić information content (AvgIpc) is 2.87. The molecule has 1 heterocycles. The third-order valence-electron chi connectivity index (χ3n) is 2.59. The zero-order valence-corrected chi connectivity index (χ0v) is 13.6. The normalized spacial score (nSPS) is 10.5. The second kappa shape index (κ2) is 7.92. The number of nitrogens with one attached hydrogen (secondary N) is 2. The van der Waals surface area contributed by atoms with Crippen molar-refractivity contribution in [3.05, 3.63) is 24.3 Å². The van der Waals surface area contributed by atoms with Gasteiger partial charge in [0.25, 0.3) is 5.95 Å². The van der Waals surface area contributed by atoms with Gasteiger partial charge in [-0.15, -0.1) is 22.0 Å². The summed E-state index contributed by atoms with van der Waals surface area (Å²) in [5.41, 5.74) is 3.12. The summed E-state index contributed by atoms with van der Waals surface area (Å²) in [6.07, 6.45) is 0. The zero-order valence-electron chi connectivity index (χ0n) is 11.9. The van der Waals surface area contributed by atoms with E-state index in [1.54, 1.807) is 11.8 Å². The van der Waals surface area contributed by atoms with E-state index in [-0.39, 0.29) is 17.6 Å². The molecule has 0 bridgehead atoms. The fourth-order valence-electron chi connectivity index (χ4n) is 1.64. The highest BCUT2D eigenvalue weighted by molar-refractivity contribution is 8.00. The molecule has 2 aromatic rings. The van der Waals surface area contributed by atoms with Crippen LogP contribution < -0.4 is 22.4 Å². The number of benzene rings is 1. The summed E-state index contributed by atoms with van der Waals surface area (Å²) in [7, 11) is 0. The fourth-order valence-corrected chi connectivity index (χ4v) is 3.06. The molecule has 1 aromatic carbocycles. The van der Waals surface area contributed by atoms with Gasteiger partial charge in [0.1, 0.15) is 0 Å². The Morgan fingerprint density at radius 3 is 2.77 bits per heavy atom. The van der Waals surface area contributed by atoms with Crippen molar-refractivity contribution >= 4 is 41.1 Å². The smallest absolute Gasteiger partial charge is 0.258 e. The molecule has 22 heavy (non-hydrogen) atoms. The molecule has 2 rings (SSSR count). The van der Waals surface area contributed by atoms with Gasteiger partial charge in [-0.05, 0) is 17.9 Å². The maximum atomic E-state index is 12.1. The number of carbonyl (C=O) groups is 1. The number of para-hydroxylation sites is 1. The highest BCUT2D eigenvalue weighted by Crippen LogP contribution is 2.27. The summed E-state index contributed by atoms with van der Waals surface area (Å²) in [6, 6.07) is 7.69. The van der Waals surface area contributed by atoms with Crippen molar-refractivity contribution in [1.29, 1.82) is 0 Å². The summed E-state index contributed by atoms with van der Waals surface area (Å²) in [5.74, 6) is 12.1. The van der Waals surface area contributed by atoms with E-state index in [2.05, 4.69) is 27.9 Å². The van der Waals surface area contributed by atoms with Crippen molar-refractivity contribution in [3.63, 3.8) is 0 Å². The first-order valence-corrected chi connectivity index (χ1v) is 8.44. The van der Waals surface area contributed by atoms with Gasteiger partial charge in [-0.3, -0.25) is 10.2 Å². The molecule has 6 N–H and O–H groups in total. The quantitative estimate of drug-likeness (QED) is 0.336. The van der Waals surface area contributed by atoms with E-state index in [0.29, 0.717) is 5.16 Å². The Kier molecular flexibility index (Phi) is 5.92. The Labute approximate surface area is 136 Å². The Morgan fingerprint density at radius 1 is 1.32 bits per heavy atom. The van der Waals surface area contributed by atoms with Crippen LogP contribution in [0.4, 0.5) is 11.6 Å². The minimum atomic E-state index is -0.139. The van der Waals surface area contributed by atoms with Gasteiger partial charge in [0, 0.05) is 4.90 Å². The van der Waals surface area contributed by atoms with Gasteiger partial charge in [0.2, 0.25) is 11.1 Å². The van der Waals surface area contributed by atoms with E-state index < -0.39 is 0 Å². The van der Waals surface area contributed by atoms with Crippen LogP contribution in [0.25, 0.3) is 0 Å². The Morgan fingerprint density at radius 2 is 2.09 bits per heavy atom. The summed E-state index contributed by atoms with van der Waals surface area (Å²) in [5, 5.41) is 10.9. The molecule has 0 aliphatic carbocycles. The Balaban J connectivity index is 1.94. The predicted molar refractivity (Wildman–Crippen MR) is 90.2 cm³/mol. The van der Waals surface area contributed by atoms with Crippen molar-refractivity contribution in [2.75, 3.05) is 28.1 Å². The van der Waals surface area contributed by atoms with E-state index in [9.17, 15) is 4.79 Å². The van der Waals surface area contributed by atoms with Crippen LogP contribution >= 0.6 is 23.5 Å². The molecule has 10 heteroatoms. The first kappa shape index (κ1) is 16.5. The van der Waals surface area contributed by atoms with Crippen molar-refractivity contribution < 1.29 is 4.79 Å². The number of rotatable bonds is 7. The number of anilines is 2. The molecule has 8 nitrogen and oxygen atoms in total. The molecule has 0 atom stereocenters. The number of carbonyl (C=O) groups excluding carboxylic acids is 1. The predicted octanol–water partition coefficient (Wildman–Crippen LogP) is 1.12. The third-order valence-corrected chi connectivity index (χ3v) is 4.49. The number of hydrogen-bond donors (Lipinski definition) is 4. The van der Waals surface area contributed by atoms with E-state index in [1.165, 1.54) is 16.4 Å². The van der Waals surface area contributed by atoms with E-state index in [4.69, 9.17) is 11.7 Å². The molecule has 0 aliphatic heterocycles. The van der Waals surface area contributed by atoms with Crippen LogP contribution in [-0.2, 0) is 4.79 Å². The molecule has 1 amide bonds. The number of thioether (sulfide) groups is 2. The standard InChI is InChI=1S/C12H17N7OS2/c1-2-21-9-6-4-3-5-8(9)15-10(20)7-22-12-18-17-11(16-13)19(12)14/h3-6H,2,7,13-14H2,1H3,(H,15,20)(H,16,17). The van der Waals surface area contributed by atoms with Crippen LogP contribution in [0.3, 0.4) is 0 Å². The lowest BCUT2D eigenvalue weighted by molar-refractivity contribution is -0.113. The largest absolute Gasteiger partial charge is 0.334 e. The van der Waals surface area contributed by atoms with Crippen LogP contribution in [0.1, 0.15) is 6.92 Å². The molecule has 0 saturated carbocycles. The second-order valence-corrected chi connectivity index (χ2v) is 6.33. The van der Waals surface area contributed by atoms with Crippen LogP contribution in [0, 0.1) is 0 Å². The highest BCUT2D eigenvalue weighted by Gasteiger charge is 2.12. The van der Waals surface area contributed by atoms with E-state index >= 15 is 0 Å². The van der Waals surface area contributed by atoms with Crippen molar-refractivity contribution in [1.82, 2.24) is 14.9 Å². The van der Waals surface area contributed by atoms with Crippen LogP contribution in [0.5, 0.6) is 0 Å². The van der Waals surface area contributed by atoms with Crippen LogP contribution in [0.15, 0.2) is 34.3 Å². The summed E-state index contributed by atoms with van der Waals surface area (Å²) < 4.78 is 1.19. The lowest BCUT2D eigenvalue weighted by Crippen LogP contribution is -2.19. The molecule has 0 spiro atoms.